The Hall–Kier alpha value is -0.140. The first kappa shape index (κ1) is 25.1. The first-order chi connectivity index (χ1) is 10.9. The van der Waals surface area contributed by atoms with E-state index in [-0.39, 0.29) is 0 Å². The van der Waals surface area contributed by atoms with Crippen LogP contribution >= 0.6 is 7.26 Å². The van der Waals surface area contributed by atoms with Gasteiger partial charge in [0.05, 0.1) is 24.6 Å². The van der Waals surface area contributed by atoms with E-state index in [1.165, 1.54) is 58.3 Å². The van der Waals surface area contributed by atoms with E-state index in [9.17, 15) is 4.79 Å². The second-order valence-electron chi connectivity index (χ2n) is 6.78. The Kier molecular flexibility index (Phi) is 18.2. The normalized spacial score (nSPS) is 12.4. The highest BCUT2D eigenvalue weighted by atomic mass is 31.2. The molecule has 0 rings (SSSR count). The molecular weight excluding hydrogens is 305 g/mol. The van der Waals surface area contributed by atoms with Crippen molar-refractivity contribution in [2.75, 3.05) is 24.6 Å². The van der Waals surface area contributed by atoms with Crippen LogP contribution in [0.5, 0.6) is 0 Å². The first-order valence-electron chi connectivity index (χ1n) is 9.72. The minimum atomic E-state index is -0.963. The van der Waals surface area contributed by atoms with Crippen LogP contribution in [0.25, 0.3) is 0 Å². The quantitative estimate of drug-likeness (QED) is 0.424. The number of hydrogen-bond acceptors (Lipinski definition) is 2. The summed E-state index contributed by atoms with van der Waals surface area (Å²) in [5.41, 5.74) is 4.84. The Labute approximate surface area is 146 Å². The Morgan fingerprint density at radius 1 is 0.826 bits per heavy atom. The lowest BCUT2D eigenvalue weighted by Gasteiger charge is -2.28. The van der Waals surface area contributed by atoms with Crippen LogP contribution in [0.15, 0.2) is 0 Å². The van der Waals surface area contributed by atoms with Gasteiger partial charge in [0.2, 0.25) is 0 Å². The van der Waals surface area contributed by atoms with Crippen LogP contribution in [0, 0.1) is 0 Å². The summed E-state index contributed by atoms with van der Waals surface area (Å²) in [6, 6.07) is -0.731. The molecule has 3 nitrogen and oxygen atoms in total. The summed E-state index contributed by atoms with van der Waals surface area (Å²) in [6.45, 7) is 10.8. The van der Waals surface area contributed by atoms with E-state index in [1.807, 2.05) is 0 Å². The molecule has 0 aliphatic rings. The summed E-state index contributed by atoms with van der Waals surface area (Å²) in [4.78, 5) is 9.57. The van der Waals surface area contributed by atoms with Gasteiger partial charge in [-0.15, -0.1) is 0 Å². The highest BCUT2D eigenvalue weighted by Gasteiger charge is 2.34. The second-order valence-corrected chi connectivity index (χ2v) is 11.2. The molecule has 0 aromatic carbocycles. The monoisotopic (exact) mass is 348 g/mol. The van der Waals surface area contributed by atoms with Crippen LogP contribution in [-0.4, -0.2) is 41.8 Å². The van der Waals surface area contributed by atoms with Crippen LogP contribution in [0.4, 0.5) is 0 Å². The lowest BCUT2D eigenvalue weighted by atomic mass is 10.4. The predicted octanol–water partition coefficient (Wildman–Crippen LogP) is 5.62. The molecule has 0 heterocycles. The standard InChI is InChI=1S/C16H36P.C3H7NO2/c1-5-9-13-17(14-10-6-2,15-11-7-3)16-12-8-4;1-2(4)3(5)6/h5-16H2,1-4H3;2H,4H2,1H3,(H,5,6)/q+1;. The second kappa shape index (κ2) is 16.7. The fraction of sp³-hybridized carbons (Fsp3) is 0.947. The summed E-state index contributed by atoms with van der Waals surface area (Å²) in [5.74, 6) is -0.963. The van der Waals surface area contributed by atoms with E-state index in [0.717, 1.165) is 0 Å². The maximum absolute atomic E-state index is 9.57. The van der Waals surface area contributed by atoms with Crippen molar-refractivity contribution in [3.63, 3.8) is 0 Å². The van der Waals surface area contributed by atoms with Crippen molar-refractivity contribution in [1.29, 1.82) is 0 Å². The summed E-state index contributed by atoms with van der Waals surface area (Å²) in [5, 5.41) is 7.87. The van der Waals surface area contributed by atoms with Crippen LogP contribution in [0.1, 0.15) is 86.0 Å². The summed E-state index contributed by atoms with van der Waals surface area (Å²) in [6.07, 6.45) is 17.9. The maximum atomic E-state index is 9.57. The zero-order valence-electron chi connectivity index (χ0n) is 16.4. The number of hydrogen-bond donors (Lipinski definition) is 2. The molecular formula is C19H43NO2P+. The predicted molar refractivity (Wildman–Crippen MR) is 107 cm³/mol. The average molecular weight is 349 g/mol. The van der Waals surface area contributed by atoms with E-state index in [2.05, 4.69) is 27.7 Å². The van der Waals surface area contributed by atoms with Crippen LogP contribution in [0.2, 0.25) is 0 Å². The third kappa shape index (κ3) is 15.1. The smallest absolute Gasteiger partial charge is 0.320 e. The molecule has 0 aliphatic carbocycles. The number of carboxylic acids is 1. The van der Waals surface area contributed by atoms with E-state index in [1.54, 1.807) is 24.6 Å². The molecule has 0 aromatic rings. The number of aliphatic carboxylic acids is 1. The molecule has 3 N–H and O–H groups in total. The molecule has 4 heteroatoms. The van der Waals surface area contributed by atoms with E-state index < -0.39 is 19.3 Å². The fourth-order valence-electron chi connectivity index (χ4n) is 2.64. The van der Waals surface area contributed by atoms with Crippen LogP contribution < -0.4 is 5.73 Å². The molecule has 23 heavy (non-hydrogen) atoms. The highest BCUT2D eigenvalue weighted by Crippen LogP contribution is 2.61. The van der Waals surface area contributed by atoms with Gasteiger partial charge in [0.25, 0.3) is 0 Å². The zero-order valence-corrected chi connectivity index (χ0v) is 17.3. The zero-order chi connectivity index (χ0) is 18.1. The summed E-state index contributed by atoms with van der Waals surface area (Å²) in [7, 11) is -0.562. The molecule has 0 radical (unpaired) electrons. The largest absolute Gasteiger partial charge is 0.480 e. The Morgan fingerprint density at radius 3 is 1.17 bits per heavy atom. The third-order valence-corrected chi connectivity index (χ3v) is 9.39. The lowest BCUT2D eigenvalue weighted by molar-refractivity contribution is -0.138. The average Bonchev–Trinajstić information content (AvgIpc) is 2.54. The number of unbranched alkanes of at least 4 members (excludes halogenated alkanes) is 4. The van der Waals surface area contributed by atoms with E-state index >= 15 is 0 Å². The third-order valence-electron chi connectivity index (χ3n) is 4.33. The van der Waals surface area contributed by atoms with Gasteiger partial charge < -0.3 is 10.8 Å². The van der Waals surface area contributed by atoms with Gasteiger partial charge in [0, 0.05) is 7.26 Å². The molecule has 0 bridgehead atoms. The Balaban J connectivity index is 0. The number of rotatable bonds is 13. The SMILES string of the molecule is CC(N)C(=O)O.CCCC[P+](CCCC)(CCCC)CCCC. The van der Waals surface area contributed by atoms with Crippen molar-refractivity contribution in [3.8, 4) is 0 Å². The maximum Gasteiger partial charge on any atom is 0.320 e. The fourth-order valence-corrected chi connectivity index (χ4v) is 7.93. The molecule has 0 saturated carbocycles. The van der Waals surface area contributed by atoms with Crippen molar-refractivity contribution in [2.24, 2.45) is 5.73 Å². The number of carbonyl (C=O) groups is 1. The van der Waals surface area contributed by atoms with Gasteiger partial charge in [-0.1, -0.05) is 53.4 Å². The van der Waals surface area contributed by atoms with Gasteiger partial charge in [0.15, 0.2) is 0 Å². The topological polar surface area (TPSA) is 63.3 Å². The Morgan fingerprint density at radius 2 is 1.04 bits per heavy atom. The summed E-state index contributed by atoms with van der Waals surface area (Å²) >= 11 is 0. The number of carboxylic acid groups (broad SMARTS) is 1. The minimum Gasteiger partial charge on any atom is -0.480 e. The van der Waals surface area contributed by atoms with Crippen molar-refractivity contribution < 1.29 is 9.90 Å². The van der Waals surface area contributed by atoms with Gasteiger partial charge in [-0.25, -0.2) is 0 Å². The van der Waals surface area contributed by atoms with Crippen LogP contribution in [0.3, 0.4) is 0 Å². The number of nitrogens with two attached hydrogens (primary N) is 1. The molecule has 1 atom stereocenters. The van der Waals surface area contributed by atoms with Crippen LogP contribution in [-0.2, 0) is 4.79 Å². The van der Waals surface area contributed by atoms with Crippen molar-refractivity contribution in [3.05, 3.63) is 0 Å². The summed E-state index contributed by atoms with van der Waals surface area (Å²) < 4.78 is 0. The molecule has 0 spiro atoms. The van der Waals surface area contributed by atoms with Crippen molar-refractivity contribution >= 4 is 13.2 Å². The molecule has 0 fully saturated rings. The van der Waals surface area contributed by atoms with Crippen molar-refractivity contribution in [2.45, 2.75) is 92.0 Å². The first-order valence-corrected chi connectivity index (χ1v) is 12.3. The lowest BCUT2D eigenvalue weighted by Crippen LogP contribution is -2.25. The van der Waals surface area contributed by atoms with E-state index in [4.69, 9.17) is 10.8 Å². The van der Waals surface area contributed by atoms with Gasteiger partial charge in [-0.2, -0.15) is 0 Å². The molecule has 0 saturated heterocycles. The van der Waals surface area contributed by atoms with Gasteiger partial charge in [-0.05, 0) is 32.6 Å². The Bertz CT molecular complexity index is 233. The van der Waals surface area contributed by atoms with Gasteiger partial charge >= 0.3 is 5.97 Å². The van der Waals surface area contributed by atoms with Gasteiger partial charge in [0.1, 0.15) is 6.04 Å². The molecule has 1 unspecified atom stereocenters. The molecule has 140 valence electrons. The molecule has 0 amide bonds. The van der Waals surface area contributed by atoms with E-state index in [0.29, 0.717) is 0 Å². The highest BCUT2D eigenvalue weighted by molar-refractivity contribution is 7.75. The minimum absolute atomic E-state index is 0.562. The molecule has 0 aromatic heterocycles. The van der Waals surface area contributed by atoms with Gasteiger partial charge in [-0.3, -0.25) is 4.79 Å². The van der Waals surface area contributed by atoms with Crippen molar-refractivity contribution in [1.82, 2.24) is 0 Å². The molecule has 0 aliphatic heterocycles.